The lowest BCUT2D eigenvalue weighted by atomic mass is 10.2. The van der Waals surface area contributed by atoms with Gasteiger partial charge in [-0.1, -0.05) is 6.07 Å². The Morgan fingerprint density at radius 3 is 2.62 bits per heavy atom. The van der Waals surface area contributed by atoms with Crippen LogP contribution in [-0.4, -0.2) is 32.8 Å². The summed E-state index contributed by atoms with van der Waals surface area (Å²) >= 11 is 0. The first-order chi connectivity index (χ1) is 10.3. The van der Waals surface area contributed by atoms with Crippen molar-refractivity contribution in [2.24, 2.45) is 0 Å². The quantitative estimate of drug-likeness (QED) is 0.687. The number of carbonyl (C=O) groups excluding carboxylic acids is 1. The Kier molecular flexibility index (Phi) is 3.42. The highest BCUT2D eigenvalue weighted by molar-refractivity contribution is 5.88. The number of carbonyl (C=O) groups is 1. The van der Waals surface area contributed by atoms with Crippen molar-refractivity contribution < 1.29 is 9.53 Å². The van der Waals surface area contributed by atoms with Gasteiger partial charge in [-0.05, 0) is 30.3 Å². The molecule has 0 saturated heterocycles. The molecule has 0 amide bonds. The molecule has 0 spiro atoms. The van der Waals surface area contributed by atoms with E-state index in [4.69, 9.17) is 4.74 Å². The summed E-state index contributed by atoms with van der Waals surface area (Å²) in [5, 5.41) is 4.29. The van der Waals surface area contributed by atoms with Crippen molar-refractivity contribution in [3.8, 4) is 17.1 Å². The van der Waals surface area contributed by atoms with Gasteiger partial charge in [-0.25, -0.2) is 14.5 Å². The molecule has 3 rings (SSSR count). The lowest BCUT2D eigenvalue weighted by Gasteiger charge is -2.05. The number of hydrogen-bond donors (Lipinski definition) is 0. The molecule has 0 radical (unpaired) electrons. The minimum absolute atomic E-state index is 0.231. The second kappa shape index (κ2) is 5.54. The Bertz CT molecular complexity index is 697. The maximum absolute atomic E-state index is 11.7. The summed E-state index contributed by atoms with van der Waals surface area (Å²) in [5.74, 6) is 0.138. The largest absolute Gasteiger partial charge is 0.464 e. The maximum Gasteiger partial charge on any atom is 0.358 e. The molecule has 0 aliphatic carbocycles. The maximum atomic E-state index is 11.7. The molecule has 0 fully saturated rings. The highest BCUT2D eigenvalue weighted by Crippen LogP contribution is 2.22. The number of nitrogens with zero attached hydrogens (tertiary/aromatic N) is 4. The summed E-state index contributed by atoms with van der Waals surface area (Å²) in [6, 6.07) is 10.9. The Balaban J connectivity index is 2.18. The Labute approximate surface area is 121 Å². The van der Waals surface area contributed by atoms with Crippen molar-refractivity contribution in [1.82, 2.24) is 19.7 Å². The highest BCUT2D eigenvalue weighted by atomic mass is 16.5. The SMILES string of the molecule is COC(=O)c1cc(-c2ccncc2)n(-c2ccccn2)n1. The zero-order valence-corrected chi connectivity index (χ0v) is 11.3. The molecule has 21 heavy (non-hydrogen) atoms. The predicted octanol–water partition coefficient (Wildman–Crippen LogP) is 2.12. The minimum Gasteiger partial charge on any atom is -0.464 e. The van der Waals surface area contributed by atoms with E-state index in [9.17, 15) is 4.79 Å². The van der Waals surface area contributed by atoms with Gasteiger partial charge in [0, 0.05) is 24.2 Å². The molecule has 3 aromatic rings. The smallest absolute Gasteiger partial charge is 0.358 e. The summed E-state index contributed by atoms with van der Waals surface area (Å²) in [6.07, 6.45) is 5.04. The molecule has 104 valence electrons. The summed E-state index contributed by atoms with van der Waals surface area (Å²) in [5.41, 5.74) is 1.87. The van der Waals surface area contributed by atoms with Crippen LogP contribution in [0.2, 0.25) is 0 Å². The summed E-state index contributed by atoms with van der Waals surface area (Å²) in [6.45, 7) is 0. The second-order valence-corrected chi connectivity index (χ2v) is 4.24. The number of hydrogen-bond acceptors (Lipinski definition) is 5. The lowest BCUT2D eigenvalue weighted by Crippen LogP contribution is -2.05. The monoisotopic (exact) mass is 280 g/mol. The van der Waals surface area contributed by atoms with Crippen molar-refractivity contribution in [2.45, 2.75) is 0 Å². The Hall–Kier alpha value is -3.02. The van der Waals surface area contributed by atoms with Gasteiger partial charge in [-0.15, -0.1) is 0 Å². The molecule has 0 aliphatic rings. The molecule has 0 saturated carbocycles. The first-order valence-electron chi connectivity index (χ1n) is 6.30. The van der Waals surface area contributed by atoms with E-state index >= 15 is 0 Å². The third-order valence-electron chi connectivity index (χ3n) is 2.95. The van der Waals surface area contributed by atoms with Crippen LogP contribution in [0.15, 0.2) is 55.0 Å². The fraction of sp³-hybridized carbons (Fsp3) is 0.0667. The molecule has 0 aromatic carbocycles. The number of methoxy groups -OCH3 is 1. The van der Waals surface area contributed by atoms with Crippen LogP contribution in [0.3, 0.4) is 0 Å². The van der Waals surface area contributed by atoms with E-state index in [2.05, 4.69) is 15.1 Å². The average Bonchev–Trinajstić information content (AvgIpc) is 3.01. The van der Waals surface area contributed by atoms with Crippen molar-refractivity contribution in [3.05, 3.63) is 60.7 Å². The number of rotatable bonds is 3. The normalized spacial score (nSPS) is 10.3. The molecule has 0 atom stereocenters. The number of aromatic nitrogens is 4. The number of ether oxygens (including phenoxy) is 1. The predicted molar refractivity (Wildman–Crippen MR) is 75.9 cm³/mol. The minimum atomic E-state index is -0.486. The average molecular weight is 280 g/mol. The fourth-order valence-electron chi connectivity index (χ4n) is 1.97. The van der Waals surface area contributed by atoms with E-state index in [0.717, 1.165) is 11.3 Å². The second-order valence-electron chi connectivity index (χ2n) is 4.24. The van der Waals surface area contributed by atoms with Crippen LogP contribution in [0.25, 0.3) is 17.1 Å². The lowest BCUT2D eigenvalue weighted by molar-refractivity contribution is 0.0593. The van der Waals surface area contributed by atoms with Gasteiger partial charge in [0.25, 0.3) is 0 Å². The molecule has 0 unspecified atom stereocenters. The third kappa shape index (κ3) is 2.51. The van der Waals surface area contributed by atoms with Gasteiger partial charge >= 0.3 is 5.97 Å². The van der Waals surface area contributed by atoms with Crippen molar-refractivity contribution in [2.75, 3.05) is 7.11 Å². The molecule has 0 aliphatic heterocycles. The molecule has 3 heterocycles. The topological polar surface area (TPSA) is 69.9 Å². The van der Waals surface area contributed by atoms with Gasteiger partial charge in [0.05, 0.1) is 12.8 Å². The van der Waals surface area contributed by atoms with E-state index in [1.807, 2.05) is 30.3 Å². The molecular formula is C15H12N4O2. The molecule has 6 nitrogen and oxygen atoms in total. The Morgan fingerprint density at radius 2 is 1.95 bits per heavy atom. The summed E-state index contributed by atoms with van der Waals surface area (Å²) in [4.78, 5) is 20.0. The number of pyridine rings is 2. The molecule has 6 heteroatoms. The van der Waals surface area contributed by atoms with Crippen LogP contribution in [-0.2, 0) is 4.74 Å². The summed E-state index contributed by atoms with van der Waals surface area (Å²) < 4.78 is 6.34. The third-order valence-corrected chi connectivity index (χ3v) is 2.95. The van der Waals surface area contributed by atoms with Gasteiger partial charge < -0.3 is 4.74 Å². The van der Waals surface area contributed by atoms with Crippen molar-refractivity contribution in [1.29, 1.82) is 0 Å². The van der Waals surface area contributed by atoms with E-state index in [0.29, 0.717) is 5.82 Å². The number of esters is 1. The molecule has 3 aromatic heterocycles. The van der Waals surface area contributed by atoms with Crippen LogP contribution in [0, 0.1) is 0 Å². The van der Waals surface area contributed by atoms with Gasteiger partial charge in [0.2, 0.25) is 0 Å². The molecule has 0 N–H and O–H groups in total. The van der Waals surface area contributed by atoms with Crippen molar-refractivity contribution in [3.63, 3.8) is 0 Å². The summed E-state index contributed by atoms with van der Waals surface area (Å²) in [7, 11) is 1.33. The van der Waals surface area contributed by atoms with Crippen LogP contribution in [0.4, 0.5) is 0 Å². The van der Waals surface area contributed by atoms with Crippen molar-refractivity contribution >= 4 is 5.97 Å². The van der Waals surface area contributed by atoms with Crippen LogP contribution >= 0.6 is 0 Å². The van der Waals surface area contributed by atoms with E-state index < -0.39 is 5.97 Å². The van der Waals surface area contributed by atoms with Gasteiger partial charge in [0.1, 0.15) is 0 Å². The zero-order chi connectivity index (χ0) is 14.7. The first-order valence-corrected chi connectivity index (χ1v) is 6.30. The van der Waals surface area contributed by atoms with E-state index in [1.165, 1.54) is 7.11 Å². The standard InChI is InChI=1S/C15H12N4O2/c1-21-15(20)12-10-13(11-5-8-16-9-6-11)19(18-12)14-4-2-3-7-17-14/h2-10H,1H3. The van der Waals surface area contributed by atoms with Crippen LogP contribution in [0.1, 0.15) is 10.5 Å². The van der Waals surface area contributed by atoms with Gasteiger partial charge in [-0.3, -0.25) is 4.98 Å². The van der Waals surface area contributed by atoms with E-state index in [1.54, 1.807) is 29.3 Å². The molecular weight excluding hydrogens is 268 g/mol. The van der Waals surface area contributed by atoms with Gasteiger partial charge in [-0.2, -0.15) is 5.10 Å². The first kappa shape index (κ1) is 13.0. The van der Waals surface area contributed by atoms with E-state index in [-0.39, 0.29) is 5.69 Å². The van der Waals surface area contributed by atoms with Crippen LogP contribution in [0.5, 0.6) is 0 Å². The zero-order valence-electron chi connectivity index (χ0n) is 11.3. The Morgan fingerprint density at radius 1 is 1.14 bits per heavy atom. The highest BCUT2D eigenvalue weighted by Gasteiger charge is 2.17. The van der Waals surface area contributed by atoms with Crippen LogP contribution < -0.4 is 0 Å². The molecule has 0 bridgehead atoms. The van der Waals surface area contributed by atoms with Gasteiger partial charge in [0.15, 0.2) is 11.5 Å². The fourth-order valence-corrected chi connectivity index (χ4v) is 1.97.